The van der Waals surface area contributed by atoms with Gasteiger partial charge in [-0.05, 0) is 44.9 Å². The zero-order valence-corrected chi connectivity index (χ0v) is 11.0. The molecule has 1 fully saturated rings. The molecule has 1 aliphatic rings. The fraction of sp³-hybridized carbons (Fsp3) is 0.714. The number of hydrogen-bond donors (Lipinski definition) is 1. The predicted molar refractivity (Wildman–Crippen MR) is 70.0 cm³/mol. The molecular weight excluding hydrogens is 212 g/mol. The molecule has 1 saturated carbocycles. The Hall–Kier alpha value is -0.800. The molecule has 1 aromatic heterocycles. The molecule has 0 radical (unpaired) electrons. The van der Waals surface area contributed by atoms with Gasteiger partial charge in [0, 0.05) is 19.6 Å². The van der Waals surface area contributed by atoms with Gasteiger partial charge in [0.15, 0.2) is 0 Å². The third kappa shape index (κ3) is 3.86. The molecule has 1 heterocycles. The molecule has 0 aliphatic heterocycles. The third-order valence-corrected chi connectivity index (χ3v) is 3.71. The first-order chi connectivity index (χ1) is 8.25. The fourth-order valence-electron chi connectivity index (χ4n) is 2.32. The second kappa shape index (κ2) is 6.22. The van der Waals surface area contributed by atoms with Crippen LogP contribution in [0, 0.1) is 5.92 Å². The minimum absolute atomic E-state index is 0.308. The van der Waals surface area contributed by atoms with Crippen LogP contribution in [0.25, 0.3) is 0 Å². The van der Waals surface area contributed by atoms with Crippen molar-refractivity contribution < 1.29 is 4.42 Å². The van der Waals surface area contributed by atoms with Gasteiger partial charge in [0.05, 0.1) is 12.3 Å². The molecular formula is C14H24N2O. The van der Waals surface area contributed by atoms with Crippen molar-refractivity contribution in [3.05, 3.63) is 24.2 Å². The van der Waals surface area contributed by atoms with Crippen LogP contribution in [-0.2, 0) is 0 Å². The number of hydrogen-bond acceptors (Lipinski definition) is 3. The van der Waals surface area contributed by atoms with Gasteiger partial charge in [-0.2, -0.15) is 0 Å². The van der Waals surface area contributed by atoms with E-state index in [-0.39, 0.29) is 0 Å². The molecule has 1 aromatic rings. The molecule has 3 nitrogen and oxygen atoms in total. The molecule has 1 unspecified atom stereocenters. The Balaban J connectivity index is 1.58. The number of likely N-dealkylation sites (N-methyl/N-ethyl adjacent to an activating group) is 1. The number of nitrogens with zero attached hydrogens (tertiary/aromatic N) is 1. The molecule has 0 amide bonds. The van der Waals surface area contributed by atoms with E-state index in [4.69, 9.17) is 4.42 Å². The van der Waals surface area contributed by atoms with Crippen LogP contribution in [0.15, 0.2) is 22.8 Å². The number of rotatable bonds is 7. The zero-order chi connectivity index (χ0) is 12.1. The standard InChI is InChI=1S/C14H24N2O/c1-12(14-7-4-10-17-14)15-8-9-16(2)11-13-5-3-6-13/h4,7,10,12-13,15H,3,5-6,8-9,11H2,1-2H3. The van der Waals surface area contributed by atoms with Gasteiger partial charge in [0.25, 0.3) is 0 Å². The molecule has 0 spiro atoms. The van der Waals surface area contributed by atoms with Gasteiger partial charge in [-0.1, -0.05) is 6.42 Å². The molecule has 1 atom stereocenters. The van der Waals surface area contributed by atoms with Gasteiger partial charge in [0.2, 0.25) is 0 Å². The van der Waals surface area contributed by atoms with Crippen molar-refractivity contribution in [2.24, 2.45) is 5.92 Å². The normalized spacial score (nSPS) is 18.3. The Morgan fingerprint density at radius 1 is 1.53 bits per heavy atom. The van der Waals surface area contributed by atoms with Gasteiger partial charge in [-0.25, -0.2) is 0 Å². The van der Waals surface area contributed by atoms with Crippen LogP contribution in [0.5, 0.6) is 0 Å². The van der Waals surface area contributed by atoms with Crippen LogP contribution in [0.4, 0.5) is 0 Å². The minimum atomic E-state index is 0.308. The van der Waals surface area contributed by atoms with Crippen molar-refractivity contribution in [1.29, 1.82) is 0 Å². The van der Waals surface area contributed by atoms with Gasteiger partial charge >= 0.3 is 0 Å². The van der Waals surface area contributed by atoms with E-state index >= 15 is 0 Å². The SMILES string of the molecule is CC(NCCN(C)CC1CCC1)c1ccco1. The molecule has 17 heavy (non-hydrogen) atoms. The maximum atomic E-state index is 5.37. The van der Waals surface area contributed by atoms with E-state index in [9.17, 15) is 0 Å². The Bertz CT molecular complexity index is 306. The first kappa shape index (κ1) is 12.7. The van der Waals surface area contributed by atoms with Crippen molar-refractivity contribution >= 4 is 0 Å². The summed E-state index contributed by atoms with van der Waals surface area (Å²) in [5, 5.41) is 3.49. The smallest absolute Gasteiger partial charge is 0.120 e. The van der Waals surface area contributed by atoms with Crippen LogP contribution in [0.2, 0.25) is 0 Å². The monoisotopic (exact) mass is 236 g/mol. The quantitative estimate of drug-likeness (QED) is 0.789. The Kier molecular flexibility index (Phi) is 4.63. The summed E-state index contributed by atoms with van der Waals surface area (Å²) < 4.78 is 5.37. The van der Waals surface area contributed by atoms with Crippen LogP contribution in [0.1, 0.15) is 38.0 Å². The van der Waals surface area contributed by atoms with Crippen molar-refractivity contribution in [3.63, 3.8) is 0 Å². The van der Waals surface area contributed by atoms with Crippen molar-refractivity contribution in [3.8, 4) is 0 Å². The second-order valence-corrected chi connectivity index (χ2v) is 5.25. The van der Waals surface area contributed by atoms with Gasteiger partial charge in [-0.15, -0.1) is 0 Å². The van der Waals surface area contributed by atoms with Gasteiger partial charge in [-0.3, -0.25) is 0 Å². The lowest BCUT2D eigenvalue weighted by molar-refractivity contribution is 0.204. The summed E-state index contributed by atoms with van der Waals surface area (Å²) >= 11 is 0. The van der Waals surface area contributed by atoms with Crippen LogP contribution < -0.4 is 5.32 Å². The highest BCUT2D eigenvalue weighted by Crippen LogP contribution is 2.26. The van der Waals surface area contributed by atoms with E-state index in [1.807, 2.05) is 12.1 Å². The summed E-state index contributed by atoms with van der Waals surface area (Å²) in [5.41, 5.74) is 0. The molecule has 0 aromatic carbocycles. The highest BCUT2D eigenvalue weighted by atomic mass is 16.3. The maximum absolute atomic E-state index is 5.37. The molecule has 1 N–H and O–H groups in total. The summed E-state index contributed by atoms with van der Waals surface area (Å²) in [4.78, 5) is 2.44. The highest BCUT2D eigenvalue weighted by Gasteiger charge is 2.18. The van der Waals surface area contributed by atoms with E-state index < -0.39 is 0 Å². The number of furan rings is 1. The minimum Gasteiger partial charge on any atom is -0.468 e. The predicted octanol–water partition coefficient (Wildman–Crippen LogP) is 2.66. The summed E-state index contributed by atoms with van der Waals surface area (Å²) in [6.07, 6.45) is 6.03. The second-order valence-electron chi connectivity index (χ2n) is 5.25. The maximum Gasteiger partial charge on any atom is 0.120 e. The molecule has 2 rings (SSSR count). The van der Waals surface area contributed by atoms with Crippen LogP contribution in [0.3, 0.4) is 0 Å². The largest absolute Gasteiger partial charge is 0.468 e. The molecule has 3 heteroatoms. The third-order valence-electron chi connectivity index (χ3n) is 3.71. The van der Waals surface area contributed by atoms with Crippen molar-refractivity contribution in [2.75, 3.05) is 26.7 Å². The first-order valence-electron chi connectivity index (χ1n) is 6.71. The first-order valence-corrected chi connectivity index (χ1v) is 6.71. The summed E-state index contributed by atoms with van der Waals surface area (Å²) in [7, 11) is 2.22. The highest BCUT2D eigenvalue weighted by molar-refractivity contribution is 5.02. The average molecular weight is 236 g/mol. The zero-order valence-electron chi connectivity index (χ0n) is 11.0. The Labute approximate surface area is 104 Å². The van der Waals surface area contributed by atoms with Gasteiger partial charge in [0.1, 0.15) is 5.76 Å². The Morgan fingerprint density at radius 2 is 2.35 bits per heavy atom. The lowest BCUT2D eigenvalue weighted by Crippen LogP contribution is -2.35. The van der Waals surface area contributed by atoms with E-state index in [0.717, 1.165) is 24.8 Å². The van der Waals surface area contributed by atoms with Crippen LogP contribution >= 0.6 is 0 Å². The lowest BCUT2D eigenvalue weighted by Gasteiger charge is -2.30. The van der Waals surface area contributed by atoms with E-state index in [2.05, 4.69) is 24.2 Å². The summed E-state index contributed by atoms with van der Waals surface area (Å²) in [6.45, 7) is 5.54. The Morgan fingerprint density at radius 3 is 2.94 bits per heavy atom. The van der Waals surface area contributed by atoms with E-state index in [1.54, 1.807) is 6.26 Å². The fourth-order valence-corrected chi connectivity index (χ4v) is 2.32. The molecule has 0 saturated heterocycles. The van der Waals surface area contributed by atoms with Crippen molar-refractivity contribution in [1.82, 2.24) is 10.2 Å². The molecule has 96 valence electrons. The number of nitrogens with one attached hydrogen (secondary N) is 1. The molecule has 1 aliphatic carbocycles. The summed E-state index contributed by atoms with van der Waals surface area (Å²) in [6, 6.07) is 4.27. The average Bonchev–Trinajstić information content (AvgIpc) is 2.76. The van der Waals surface area contributed by atoms with E-state index in [0.29, 0.717) is 6.04 Å². The topological polar surface area (TPSA) is 28.4 Å². The molecule has 0 bridgehead atoms. The van der Waals surface area contributed by atoms with Crippen LogP contribution in [-0.4, -0.2) is 31.6 Å². The summed E-state index contributed by atoms with van der Waals surface area (Å²) in [5.74, 6) is 1.98. The van der Waals surface area contributed by atoms with Crippen molar-refractivity contribution in [2.45, 2.75) is 32.2 Å². The lowest BCUT2D eigenvalue weighted by atomic mass is 9.85. The van der Waals surface area contributed by atoms with Gasteiger partial charge < -0.3 is 14.6 Å². The van der Waals surface area contributed by atoms with E-state index in [1.165, 1.54) is 25.8 Å².